The van der Waals surface area contributed by atoms with Crippen LogP contribution in [0.3, 0.4) is 0 Å². The third kappa shape index (κ3) is 4.44. The van der Waals surface area contributed by atoms with Gasteiger partial charge in [0.1, 0.15) is 0 Å². The van der Waals surface area contributed by atoms with Crippen molar-refractivity contribution in [1.29, 1.82) is 0 Å². The molecule has 0 radical (unpaired) electrons. The first kappa shape index (κ1) is 14.1. The molecule has 17 heavy (non-hydrogen) atoms. The number of unbranched alkanes of at least 4 members (excludes halogenated alkanes) is 1. The molecule has 4 nitrogen and oxygen atoms in total. The molecule has 0 aliphatic heterocycles. The summed E-state index contributed by atoms with van der Waals surface area (Å²) in [6.45, 7) is 3.91. The van der Waals surface area contributed by atoms with Crippen LogP contribution in [0, 0.1) is 10.1 Å². The molecule has 0 N–H and O–H groups in total. The lowest BCUT2D eigenvalue weighted by atomic mass is 10.2. The summed E-state index contributed by atoms with van der Waals surface area (Å²) < 4.78 is 0.530. The number of nitrogens with zero attached hydrogens (tertiary/aromatic N) is 2. The quantitative estimate of drug-likeness (QED) is 0.596. The second-order valence-corrected chi connectivity index (χ2v) is 4.99. The maximum Gasteiger partial charge on any atom is 0.283 e. The van der Waals surface area contributed by atoms with E-state index in [1.165, 1.54) is 0 Å². The molecule has 0 spiro atoms. The highest BCUT2D eigenvalue weighted by atomic mass is 79.9. The summed E-state index contributed by atoms with van der Waals surface area (Å²) in [6.07, 6.45) is 2.31. The number of nitro benzene ring substituents is 1. The Morgan fingerprint density at radius 1 is 1.47 bits per heavy atom. The molecule has 94 valence electrons. The molecule has 1 aromatic rings. The zero-order valence-electron chi connectivity index (χ0n) is 10.1. The zero-order valence-corrected chi connectivity index (χ0v) is 11.7. The van der Waals surface area contributed by atoms with Gasteiger partial charge in [0.25, 0.3) is 5.69 Å². The average Bonchev–Trinajstić information content (AvgIpc) is 2.28. The summed E-state index contributed by atoms with van der Waals surface area (Å²) in [6, 6.07) is 5.28. The Hall–Kier alpha value is -0.940. The molecule has 0 heterocycles. The van der Waals surface area contributed by atoms with Crippen molar-refractivity contribution < 1.29 is 4.92 Å². The van der Waals surface area contributed by atoms with Gasteiger partial charge >= 0.3 is 0 Å². The van der Waals surface area contributed by atoms with Crippen molar-refractivity contribution in [2.24, 2.45) is 0 Å². The Kier molecular flexibility index (Phi) is 5.58. The smallest absolute Gasteiger partial charge is 0.283 e. The molecule has 0 aliphatic carbocycles. The van der Waals surface area contributed by atoms with Gasteiger partial charge in [0.05, 0.1) is 9.40 Å². The van der Waals surface area contributed by atoms with Crippen LogP contribution in [0.5, 0.6) is 0 Å². The Morgan fingerprint density at radius 3 is 2.76 bits per heavy atom. The molecule has 0 bridgehead atoms. The van der Waals surface area contributed by atoms with E-state index in [2.05, 4.69) is 27.8 Å². The number of hydrogen-bond acceptors (Lipinski definition) is 3. The lowest BCUT2D eigenvalue weighted by Gasteiger charge is -2.16. The number of nitro groups is 1. The largest absolute Gasteiger partial charge is 0.302 e. The maximum atomic E-state index is 10.8. The first-order valence-corrected chi connectivity index (χ1v) is 6.45. The lowest BCUT2D eigenvalue weighted by molar-refractivity contribution is -0.385. The Bertz CT molecular complexity index is 396. The summed E-state index contributed by atoms with van der Waals surface area (Å²) in [5.74, 6) is 0. The van der Waals surface area contributed by atoms with E-state index in [0.29, 0.717) is 4.47 Å². The zero-order chi connectivity index (χ0) is 12.8. The van der Waals surface area contributed by atoms with Crippen LogP contribution in [0.25, 0.3) is 0 Å². The fraction of sp³-hybridized carbons (Fsp3) is 0.500. The van der Waals surface area contributed by atoms with Crippen LogP contribution in [0.2, 0.25) is 0 Å². The van der Waals surface area contributed by atoms with E-state index in [-0.39, 0.29) is 10.6 Å². The van der Waals surface area contributed by atoms with Crippen molar-refractivity contribution in [3.63, 3.8) is 0 Å². The summed E-state index contributed by atoms with van der Waals surface area (Å²) in [5, 5.41) is 10.8. The predicted octanol–water partition coefficient (Wildman–Crippen LogP) is 3.59. The van der Waals surface area contributed by atoms with Crippen LogP contribution in [0.15, 0.2) is 22.7 Å². The molecular formula is C12H17BrN2O2. The fourth-order valence-electron chi connectivity index (χ4n) is 1.62. The standard InChI is InChI=1S/C12H17BrN2O2/c1-3-4-7-14(2)9-10-5-6-11(13)12(8-10)15(16)17/h5-6,8H,3-4,7,9H2,1-2H3. The molecule has 0 saturated carbocycles. The molecule has 0 unspecified atom stereocenters. The first-order valence-electron chi connectivity index (χ1n) is 5.66. The van der Waals surface area contributed by atoms with Crippen LogP contribution < -0.4 is 0 Å². The minimum Gasteiger partial charge on any atom is -0.302 e. The van der Waals surface area contributed by atoms with E-state index in [9.17, 15) is 10.1 Å². The summed E-state index contributed by atoms with van der Waals surface area (Å²) >= 11 is 3.18. The number of hydrogen-bond donors (Lipinski definition) is 0. The highest BCUT2D eigenvalue weighted by Crippen LogP contribution is 2.26. The van der Waals surface area contributed by atoms with Gasteiger partial charge in [-0.2, -0.15) is 0 Å². The van der Waals surface area contributed by atoms with Crippen molar-refractivity contribution in [2.45, 2.75) is 26.3 Å². The molecule has 1 rings (SSSR count). The van der Waals surface area contributed by atoms with Crippen molar-refractivity contribution in [3.8, 4) is 0 Å². The van der Waals surface area contributed by atoms with E-state index in [1.807, 2.05) is 13.1 Å². The van der Waals surface area contributed by atoms with E-state index in [0.717, 1.165) is 31.5 Å². The summed E-state index contributed by atoms with van der Waals surface area (Å²) in [5.41, 5.74) is 1.10. The predicted molar refractivity (Wildman–Crippen MR) is 72.0 cm³/mol. The average molecular weight is 301 g/mol. The summed E-state index contributed by atoms with van der Waals surface area (Å²) in [7, 11) is 2.03. The number of rotatable bonds is 6. The van der Waals surface area contributed by atoms with Crippen molar-refractivity contribution in [1.82, 2.24) is 4.90 Å². The highest BCUT2D eigenvalue weighted by Gasteiger charge is 2.12. The van der Waals surface area contributed by atoms with Crippen LogP contribution in [-0.4, -0.2) is 23.4 Å². The first-order chi connectivity index (χ1) is 8.04. The maximum absolute atomic E-state index is 10.8. The Morgan fingerprint density at radius 2 is 2.18 bits per heavy atom. The van der Waals surface area contributed by atoms with Gasteiger partial charge in [-0.15, -0.1) is 0 Å². The van der Waals surface area contributed by atoms with Crippen LogP contribution >= 0.6 is 15.9 Å². The van der Waals surface area contributed by atoms with Crippen molar-refractivity contribution >= 4 is 21.6 Å². The third-order valence-corrected chi connectivity index (χ3v) is 3.22. The number of benzene rings is 1. The monoisotopic (exact) mass is 300 g/mol. The van der Waals surface area contributed by atoms with Gasteiger partial charge in [0.2, 0.25) is 0 Å². The molecule has 1 aromatic carbocycles. The van der Waals surface area contributed by atoms with Crippen LogP contribution in [-0.2, 0) is 6.54 Å². The van der Waals surface area contributed by atoms with Crippen molar-refractivity contribution in [3.05, 3.63) is 38.3 Å². The fourth-order valence-corrected chi connectivity index (χ4v) is 2.01. The minimum absolute atomic E-state index is 0.131. The summed E-state index contributed by atoms with van der Waals surface area (Å²) in [4.78, 5) is 12.6. The van der Waals surface area contributed by atoms with Gasteiger partial charge in [0, 0.05) is 12.6 Å². The van der Waals surface area contributed by atoms with E-state index < -0.39 is 0 Å². The molecule has 0 aliphatic rings. The molecule has 0 amide bonds. The Balaban J connectivity index is 2.72. The molecular weight excluding hydrogens is 284 g/mol. The van der Waals surface area contributed by atoms with E-state index >= 15 is 0 Å². The minimum atomic E-state index is -0.361. The normalized spacial score (nSPS) is 10.8. The Labute approximate surface area is 110 Å². The van der Waals surface area contributed by atoms with Gasteiger partial charge in [-0.25, -0.2) is 0 Å². The highest BCUT2D eigenvalue weighted by molar-refractivity contribution is 9.10. The molecule has 0 aromatic heterocycles. The van der Waals surface area contributed by atoms with Crippen LogP contribution in [0.4, 0.5) is 5.69 Å². The molecule has 5 heteroatoms. The van der Waals surface area contributed by atoms with Gasteiger partial charge in [-0.1, -0.05) is 19.4 Å². The molecule has 0 fully saturated rings. The topological polar surface area (TPSA) is 46.4 Å². The molecule has 0 atom stereocenters. The second-order valence-electron chi connectivity index (χ2n) is 4.13. The van der Waals surface area contributed by atoms with E-state index in [1.54, 1.807) is 12.1 Å². The van der Waals surface area contributed by atoms with Gasteiger partial charge in [-0.05, 0) is 47.6 Å². The van der Waals surface area contributed by atoms with Crippen molar-refractivity contribution in [2.75, 3.05) is 13.6 Å². The second kappa shape index (κ2) is 6.71. The third-order valence-electron chi connectivity index (χ3n) is 2.55. The van der Waals surface area contributed by atoms with Gasteiger partial charge in [-0.3, -0.25) is 10.1 Å². The van der Waals surface area contributed by atoms with Crippen LogP contribution in [0.1, 0.15) is 25.3 Å². The van der Waals surface area contributed by atoms with E-state index in [4.69, 9.17) is 0 Å². The van der Waals surface area contributed by atoms with Gasteiger partial charge in [0.15, 0.2) is 0 Å². The lowest BCUT2D eigenvalue weighted by Crippen LogP contribution is -2.18. The van der Waals surface area contributed by atoms with Gasteiger partial charge < -0.3 is 4.90 Å². The SMILES string of the molecule is CCCCN(C)Cc1ccc(Br)c([N+](=O)[O-])c1. The number of halogens is 1. The molecule has 0 saturated heterocycles.